The maximum atomic E-state index is 12.4. The monoisotopic (exact) mass is 559 g/mol. The third-order valence-corrected chi connectivity index (χ3v) is 6.78. The second-order valence-corrected chi connectivity index (χ2v) is 9.27. The number of rotatable bonds is 7. The van der Waals surface area contributed by atoms with Crippen molar-refractivity contribution in [3.05, 3.63) is 74.2 Å². The molecule has 164 valence electrons. The van der Waals surface area contributed by atoms with Crippen molar-refractivity contribution in [3.63, 3.8) is 0 Å². The van der Waals surface area contributed by atoms with Crippen LogP contribution in [0.3, 0.4) is 0 Å². The van der Waals surface area contributed by atoms with Crippen LogP contribution in [0.4, 0.5) is 4.79 Å². The molecule has 0 spiro atoms. The normalized spacial score (nSPS) is 15.1. The minimum Gasteiger partial charge on any atom is -0.490 e. The molecule has 32 heavy (non-hydrogen) atoms. The van der Waals surface area contributed by atoms with Crippen LogP contribution in [0.25, 0.3) is 16.8 Å². The largest absolute Gasteiger partial charge is 0.490 e. The van der Waals surface area contributed by atoms with Crippen molar-refractivity contribution in [3.8, 4) is 11.5 Å². The molecule has 1 aliphatic heterocycles. The number of ether oxygens (including phenoxy) is 2. The van der Waals surface area contributed by atoms with Gasteiger partial charge in [-0.05, 0) is 88.3 Å². The topological polar surface area (TPSA) is 55.8 Å². The summed E-state index contributed by atoms with van der Waals surface area (Å²) in [4.78, 5) is 26.1. The summed E-state index contributed by atoms with van der Waals surface area (Å²) in [5.74, 6) is 1.02. The molecule has 2 amide bonds. The van der Waals surface area contributed by atoms with Gasteiger partial charge in [-0.25, -0.2) is 0 Å². The van der Waals surface area contributed by atoms with Crippen LogP contribution in [0.5, 0.6) is 11.5 Å². The predicted molar refractivity (Wildman–Crippen MR) is 137 cm³/mol. The number of hydrogen-bond acceptors (Lipinski definition) is 5. The zero-order chi connectivity index (χ0) is 22.7. The molecule has 0 aromatic heterocycles. The molecule has 5 nitrogen and oxygen atoms in total. The zero-order valence-electron chi connectivity index (χ0n) is 17.8. The Hall–Kier alpha value is -2.52. The Bertz CT molecular complexity index is 1220. The number of carbonyl (C=O) groups excluding carboxylic acids is 2. The summed E-state index contributed by atoms with van der Waals surface area (Å²) in [5, 5.41) is 2.09. The molecule has 1 aliphatic rings. The molecule has 3 aromatic rings. The highest BCUT2D eigenvalue weighted by molar-refractivity contribution is 14.1. The molecule has 0 bridgehead atoms. The van der Waals surface area contributed by atoms with Gasteiger partial charge in [0, 0.05) is 6.54 Å². The highest BCUT2D eigenvalue weighted by Crippen LogP contribution is 2.38. The van der Waals surface area contributed by atoms with Crippen molar-refractivity contribution < 1.29 is 19.1 Å². The lowest BCUT2D eigenvalue weighted by atomic mass is 10.1. The molecule has 3 aromatic carbocycles. The molecular formula is C25H22INO4S. The van der Waals surface area contributed by atoms with E-state index in [4.69, 9.17) is 9.47 Å². The van der Waals surface area contributed by atoms with Gasteiger partial charge in [-0.1, -0.05) is 42.5 Å². The van der Waals surface area contributed by atoms with Crippen LogP contribution >= 0.6 is 34.4 Å². The van der Waals surface area contributed by atoms with E-state index in [-0.39, 0.29) is 11.1 Å². The van der Waals surface area contributed by atoms with Crippen molar-refractivity contribution in [2.24, 2.45) is 0 Å². The minimum absolute atomic E-state index is 0.237. The van der Waals surface area contributed by atoms with Gasteiger partial charge in [-0.2, -0.15) is 0 Å². The summed E-state index contributed by atoms with van der Waals surface area (Å²) in [7, 11) is 0. The second kappa shape index (κ2) is 9.95. The number of fused-ring (bicyclic) bond motifs is 1. The van der Waals surface area contributed by atoms with Gasteiger partial charge in [0.1, 0.15) is 6.61 Å². The first-order valence-electron chi connectivity index (χ1n) is 10.3. The summed E-state index contributed by atoms with van der Waals surface area (Å²) in [6.07, 6.45) is 1.74. The van der Waals surface area contributed by atoms with E-state index in [0.717, 1.165) is 31.8 Å². The van der Waals surface area contributed by atoms with Crippen LogP contribution in [0.2, 0.25) is 0 Å². The number of halogens is 1. The maximum Gasteiger partial charge on any atom is 0.293 e. The molecular weight excluding hydrogens is 537 g/mol. The third kappa shape index (κ3) is 4.63. The number of nitrogens with zero attached hydrogens (tertiary/aromatic N) is 1. The summed E-state index contributed by atoms with van der Waals surface area (Å²) < 4.78 is 13.0. The lowest BCUT2D eigenvalue weighted by Crippen LogP contribution is -2.27. The average molecular weight is 559 g/mol. The van der Waals surface area contributed by atoms with Crippen LogP contribution in [0, 0.1) is 3.57 Å². The number of likely N-dealkylation sites (N-methyl/N-ethyl adjacent to an activating group) is 1. The maximum absolute atomic E-state index is 12.4. The third-order valence-electron chi connectivity index (χ3n) is 5.07. The van der Waals surface area contributed by atoms with E-state index in [1.807, 2.05) is 37.3 Å². The number of thioether (sulfide) groups is 1. The number of hydrogen-bond donors (Lipinski definition) is 0. The Morgan fingerprint density at radius 3 is 2.56 bits per heavy atom. The fraction of sp³-hybridized carbons (Fsp3) is 0.200. The van der Waals surface area contributed by atoms with Gasteiger partial charge < -0.3 is 9.47 Å². The summed E-state index contributed by atoms with van der Waals surface area (Å²) in [5.41, 5.74) is 1.88. The Labute approximate surface area is 204 Å². The van der Waals surface area contributed by atoms with E-state index in [0.29, 0.717) is 36.2 Å². The van der Waals surface area contributed by atoms with Crippen LogP contribution in [0.15, 0.2) is 59.5 Å². The van der Waals surface area contributed by atoms with Crippen LogP contribution in [0.1, 0.15) is 25.0 Å². The number of imide groups is 1. The number of carbonyl (C=O) groups is 2. The van der Waals surface area contributed by atoms with Crippen molar-refractivity contribution >= 4 is 62.3 Å². The smallest absolute Gasteiger partial charge is 0.293 e. The van der Waals surface area contributed by atoms with Crippen molar-refractivity contribution in [1.82, 2.24) is 4.90 Å². The second-order valence-electron chi connectivity index (χ2n) is 7.12. The molecule has 0 radical (unpaired) electrons. The molecule has 0 N–H and O–H groups in total. The van der Waals surface area contributed by atoms with E-state index in [2.05, 4.69) is 46.9 Å². The van der Waals surface area contributed by atoms with Crippen molar-refractivity contribution in [2.75, 3.05) is 13.2 Å². The van der Waals surface area contributed by atoms with Crippen LogP contribution in [-0.4, -0.2) is 29.2 Å². The van der Waals surface area contributed by atoms with E-state index in [1.54, 1.807) is 13.0 Å². The van der Waals surface area contributed by atoms with Gasteiger partial charge in [0.25, 0.3) is 11.1 Å². The van der Waals surface area contributed by atoms with Crippen LogP contribution in [-0.2, 0) is 11.4 Å². The van der Waals surface area contributed by atoms with E-state index < -0.39 is 0 Å². The van der Waals surface area contributed by atoms with Gasteiger partial charge in [0.15, 0.2) is 11.5 Å². The van der Waals surface area contributed by atoms with Gasteiger partial charge in [0.05, 0.1) is 15.1 Å². The Morgan fingerprint density at radius 2 is 1.81 bits per heavy atom. The molecule has 0 unspecified atom stereocenters. The SMILES string of the molecule is CCOc1cc(/C=C2/SC(=O)N(CC)C2=O)cc(I)c1OCc1cccc2ccccc12. The minimum atomic E-state index is -0.258. The highest BCUT2D eigenvalue weighted by atomic mass is 127. The molecule has 7 heteroatoms. The first-order valence-corrected chi connectivity index (χ1v) is 12.2. The first kappa shape index (κ1) is 22.7. The first-order chi connectivity index (χ1) is 15.5. The molecule has 0 aliphatic carbocycles. The van der Waals surface area contributed by atoms with E-state index in [1.165, 1.54) is 10.3 Å². The van der Waals surface area contributed by atoms with Gasteiger partial charge >= 0.3 is 0 Å². The standard InChI is InChI=1S/C25H22INO4S/c1-3-27-24(28)22(32-25(27)29)14-16-12-20(26)23(21(13-16)30-4-2)31-15-18-10-7-9-17-8-5-6-11-19(17)18/h5-14H,3-4,15H2,1-2H3/b22-14+. The molecule has 1 saturated heterocycles. The molecule has 1 heterocycles. The lowest BCUT2D eigenvalue weighted by Gasteiger charge is -2.16. The Morgan fingerprint density at radius 1 is 1.03 bits per heavy atom. The molecule has 1 fully saturated rings. The lowest BCUT2D eigenvalue weighted by molar-refractivity contribution is -0.122. The molecule has 0 atom stereocenters. The van der Waals surface area contributed by atoms with Crippen molar-refractivity contribution in [1.29, 1.82) is 0 Å². The van der Waals surface area contributed by atoms with Gasteiger partial charge in [-0.3, -0.25) is 14.5 Å². The fourth-order valence-corrected chi connectivity index (χ4v) is 5.25. The fourth-order valence-electron chi connectivity index (χ4n) is 3.57. The molecule has 0 saturated carbocycles. The summed E-state index contributed by atoms with van der Waals surface area (Å²) in [6.45, 7) is 4.96. The quantitative estimate of drug-likeness (QED) is 0.245. The van der Waals surface area contributed by atoms with Crippen molar-refractivity contribution in [2.45, 2.75) is 20.5 Å². The number of amides is 2. The van der Waals surface area contributed by atoms with Gasteiger partial charge in [-0.15, -0.1) is 0 Å². The molecule has 4 rings (SSSR count). The Kier molecular flexibility index (Phi) is 7.05. The van der Waals surface area contributed by atoms with E-state index in [9.17, 15) is 9.59 Å². The summed E-state index contributed by atoms with van der Waals surface area (Å²) >= 11 is 3.18. The van der Waals surface area contributed by atoms with E-state index >= 15 is 0 Å². The van der Waals surface area contributed by atoms with Crippen LogP contribution < -0.4 is 9.47 Å². The Balaban J connectivity index is 1.63. The van der Waals surface area contributed by atoms with Gasteiger partial charge in [0.2, 0.25) is 0 Å². The average Bonchev–Trinajstić information content (AvgIpc) is 3.05. The predicted octanol–water partition coefficient (Wildman–Crippen LogP) is 6.48. The highest BCUT2D eigenvalue weighted by Gasteiger charge is 2.33. The zero-order valence-corrected chi connectivity index (χ0v) is 20.7. The summed E-state index contributed by atoms with van der Waals surface area (Å²) in [6, 6.07) is 18.2. The number of benzene rings is 3.